The molecule has 0 aromatic carbocycles. The van der Waals surface area contributed by atoms with Crippen molar-refractivity contribution in [2.24, 2.45) is 0 Å². The molecule has 0 amide bonds. The fourth-order valence-corrected chi connectivity index (χ4v) is 1.78. The van der Waals surface area contributed by atoms with Crippen molar-refractivity contribution in [3.8, 4) is 23.7 Å². The van der Waals surface area contributed by atoms with Gasteiger partial charge in [-0.15, -0.1) is 11.3 Å². The number of hydrogen-bond acceptors (Lipinski definition) is 1. The Morgan fingerprint density at radius 2 is 1.40 bits per heavy atom. The van der Waals surface area contributed by atoms with Gasteiger partial charge < -0.3 is 0 Å². The average Bonchev–Trinajstić information content (AvgIpc) is 2.67. The van der Waals surface area contributed by atoms with Crippen molar-refractivity contribution >= 4 is 11.3 Å². The van der Waals surface area contributed by atoms with Crippen molar-refractivity contribution in [2.45, 2.75) is 39.5 Å². The Hall–Kier alpha value is -1.18. The third-order valence-corrected chi connectivity index (χ3v) is 2.70. The lowest BCUT2D eigenvalue weighted by atomic mass is 10.3. The maximum absolute atomic E-state index is 3.16. The minimum Gasteiger partial charge on any atom is -0.118 e. The standard InChI is InChI=1S/C14H16S/c1-3-5-7-9-13-11-12-14(15-13)10-8-6-4-2/h11-12H,3-6H2,1-2H3. The van der Waals surface area contributed by atoms with Gasteiger partial charge in [0.25, 0.3) is 0 Å². The van der Waals surface area contributed by atoms with Crippen LogP contribution in [0.2, 0.25) is 0 Å². The van der Waals surface area contributed by atoms with E-state index in [1.165, 1.54) is 0 Å². The summed E-state index contributed by atoms with van der Waals surface area (Å²) in [5.41, 5.74) is 0. The Balaban J connectivity index is 2.58. The maximum Gasteiger partial charge on any atom is 0.0781 e. The summed E-state index contributed by atoms with van der Waals surface area (Å²) in [4.78, 5) is 2.26. The van der Waals surface area contributed by atoms with Gasteiger partial charge in [-0.25, -0.2) is 0 Å². The van der Waals surface area contributed by atoms with Crippen molar-refractivity contribution in [1.29, 1.82) is 0 Å². The normalized spacial score (nSPS) is 8.67. The topological polar surface area (TPSA) is 0 Å². The second-order valence-electron chi connectivity index (χ2n) is 3.27. The van der Waals surface area contributed by atoms with Gasteiger partial charge in [-0.3, -0.25) is 0 Å². The summed E-state index contributed by atoms with van der Waals surface area (Å²) >= 11 is 1.69. The van der Waals surface area contributed by atoms with Crippen LogP contribution in [0.5, 0.6) is 0 Å². The highest BCUT2D eigenvalue weighted by Crippen LogP contribution is 2.14. The SMILES string of the molecule is CCCC#Cc1ccc(C#CCCC)s1. The first-order valence-electron chi connectivity index (χ1n) is 5.44. The Labute approximate surface area is 96.7 Å². The fourth-order valence-electron chi connectivity index (χ4n) is 1.02. The quantitative estimate of drug-likeness (QED) is 0.654. The van der Waals surface area contributed by atoms with Crippen molar-refractivity contribution in [3.63, 3.8) is 0 Å². The molecule has 0 atom stereocenters. The van der Waals surface area contributed by atoms with E-state index in [4.69, 9.17) is 0 Å². The third-order valence-electron chi connectivity index (χ3n) is 1.78. The van der Waals surface area contributed by atoms with Crippen LogP contribution in [0.25, 0.3) is 0 Å². The maximum atomic E-state index is 3.16. The molecule has 0 bridgehead atoms. The van der Waals surface area contributed by atoms with Crippen LogP contribution in [0.15, 0.2) is 12.1 Å². The van der Waals surface area contributed by atoms with E-state index in [0.717, 1.165) is 35.4 Å². The molecule has 1 aromatic heterocycles. The van der Waals surface area contributed by atoms with Crippen LogP contribution < -0.4 is 0 Å². The number of hydrogen-bond donors (Lipinski definition) is 0. The molecule has 1 aromatic rings. The van der Waals surface area contributed by atoms with Crippen LogP contribution in [0.1, 0.15) is 49.3 Å². The van der Waals surface area contributed by atoms with Crippen LogP contribution in [-0.4, -0.2) is 0 Å². The van der Waals surface area contributed by atoms with Crippen LogP contribution in [0.3, 0.4) is 0 Å². The van der Waals surface area contributed by atoms with Crippen LogP contribution in [-0.2, 0) is 0 Å². The molecule has 0 saturated carbocycles. The van der Waals surface area contributed by atoms with Gasteiger partial charge in [-0.05, 0) is 25.0 Å². The molecule has 0 radical (unpaired) electrons. The minimum absolute atomic E-state index is 0.981. The van der Waals surface area contributed by atoms with Crippen molar-refractivity contribution in [2.75, 3.05) is 0 Å². The summed E-state index contributed by atoms with van der Waals surface area (Å²) < 4.78 is 0. The lowest BCUT2D eigenvalue weighted by Crippen LogP contribution is -1.64. The minimum atomic E-state index is 0.981. The van der Waals surface area contributed by atoms with E-state index in [2.05, 4.69) is 49.7 Å². The number of rotatable bonds is 2. The molecule has 0 fully saturated rings. The van der Waals surface area contributed by atoms with Crippen LogP contribution in [0.4, 0.5) is 0 Å². The largest absolute Gasteiger partial charge is 0.118 e. The molecule has 0 nitrogen and oxygen atoms in total. The monoisotopic (exact) mass is 216 g/mol. The van der Waals surface area contributed by atoms with Gasteiger partial charge in [-0.2, -0.15) is 0 Å². The van der Waals surface area contributed by atoms with Crippen molar-refractivity contribution in [1.82, 2.24) is 0 Å². The predicted molar refractivity (Wildman–Crippen MR) is 67.9 cm³/mol. The van der Waals surface area contributed by atoms with Gasteiger partial charge in [0.2, 0.25) is 0 Å². The van der Waals surface area contributed by atoms with E-state index in [1.807, 2.05) is 0 Å². The average molecular weight is 216 g/mol. The number of unbranched alkanes of at least 4 members (excludes halogenated alkanes) is 2. The lowest BCUT2D eigenvalue weighted by Gasteiger charge is -1.79. The van der Waals surface area contributed by atoms with Crippen molar-refractivity contribution in [3.05, 3.63) is 21.9 Å². The first-order valence-corrected chi connectivity index (χ1v) is 6.26. The van der Waals surface area contributed by atoms with E-state index in [9.17, 15) is 0 Å². The van der Waals surface area contributed by atoms with Gasteiger partial charge >= 0.3 is 0 Å². The van der Waals surface area contributed by atoms with E-state index in [-0.39, 0.29) is 0 Å². The third kappa shape index (κ3) is 4.73. The Kier molecular flexibility index (Phi) is 5.67. The van der Waals surface area contributed by atoms with E-state index in [1.54, 1.807) is 11.3 Å². The molecule has 0 spiro atoms. The molecule has 0 aliphatic heterocycles. The number of thiophene rings is 1. The van der Waals surface area contributed by atoms with Gasteiger partial charge in [-0.1, -0.05) is 37.5 Å². The van der Waals surface area contributed by atoms with Crippen molar-refractivity contribution < 1.29 is 0 Å². The van der Waals surface area contributed by atoms with Gasteiger partial charge in [0, 0.05) is 12.8 Å². The molecule has 0 unspecified atom stereocenters. The molecule has 1 rings (SSSR count). The zero-order valence-electron chi connectivity index (χ0n) is 9.39. The molecule has 0 N–H and O–H groups in total. The second-order valence-corrected chi connectivity index (χ2v) is 4.35. The predicted octanol–water partition coefficient (Wildman–Crippen LogP) is 4.05. The molecular formula is C14H16S. The molecule has 78 valence electrons. The summed E-state index contributed by atoms with van der Waals surface area (Å²) in [6.45, 7) is 4.29. The Morgan fingerprint density at radius 1 is 0.933 bits per heavy atom. The van der Waals surface area contributed by atoms with E-state index < -0.39 is 0 Å². The highest BCUT2D eigenvalue weighted by Gasteiger charge is 1.92. The molecule has 0 aliphatic carbocycles. The summed E-state index contributed by atoms with van der Waals surface area (Å²) in [7, 11) is 0. The Bertz CT molecular complexity index is 365. The first kappa shape index (κ1) is 11.9. The zero-order chi connectivity index (χ0) is 10.9. The van der Waals surface area contributed by atoms with Crippen LogP contribution >= 0.6 is 11.3 Å². The summed E-state index contributed by atoms with van der Waals surface area (Å²) in [6.07, 6.45) is 4.21. The van der Waals surface area contributed by atoms with Gasteiger partial charge in [0.15, 0.2) is 0 Å². The smallest absolute Gasteiger partial charge is 0.0781 e. The summed E-state index contributed by atoms with van der Waals surface area (Å²) in [5, 5.41) is 0. The van der Waals surface area contributed by atoms with E-state index >= 15 is 0 Å². The molecule has 0 saturated heterocycles. The lowest BCUT2D eigenvalue weighted by molar-refractivity contribution is 0.983. The van der Waals surface area contributed by atoms with E-state index in [0.29, 0.717) is 0 Å². The highest BCUT2D eigenvalue weighted by molar-refractivity contribution is 7.13. The molecular weight excluding hydrogens is 200 g/mol. The summed E-state index contributed by atoms with van der Waals surface area (Å²) in [5.74, 6) is 12.6. The molecule has 15 heavy (non-hydrogen) atoms. The van der Waals surface area contributed by atoms with Gasteiger partial charge in [0.05, 0.1) is 9.75 Å². The second kappa shape index (κ2) is 7.16. The molecule has 1 heterocycles. The van der Waals surface area contributed by atoms with Crippen LogP contribution in [0, 0.1) is 23.7 Å². The molecule has 0 aliphatic rings. The fraction of sp³-hybridized carbons (Fsp3) is 0.429. The molecule has 1 heteroatoms. The zero-order valence-corrected chi connectivity index (χ0v) is 10.2. The highest BCUT2D eigenvalue weighted by atomic mass is 32.1. The first-order chi connectivity index (χ1) is 7.36. The van der Waals surface area contributed by atoms with Gasteiger partial charge in [0.1, 0.15) is 0 Å². The Morgan fingerprint density at radius 3 is 1.80 bits per heavy atom. The summed E-state index contributed by atoms with van der Waals surface area (Å²) in [6, 6.07) is 4.12.